The van der Waals surface area contributed by atoms with Gasteiger partial charge in [0.15, 0.2) is 0 Å². The highest BCUT2D eigenvalue weighted by Crippen LogP contribution is 2.28. The molecule has 3 aromatic rings. The van der Waals surface area contributed by atoms with Crippen molar-refractivity contribution in [1.82, 2.24) is 14.8 Å². The van der Waals surface area contributed by atoms with Crippen LogP contribution in [0.15, 0.2) is 46.9 Å². The highest BCUT2D eigenvalue weighted by atomic mass is 79.9. The summed E-state index contributed by atoms with van der Waals surface area (Å²) in [5.41, 5.74) is 0.591. The molecule has 0 fully saturated rings. The van der Waals surface area contributed by atoms with E-state index in [0.717, 1.165) is 0 Å². The van der Waals surface area contributed by atoms with Crippen LogP contribution in [0.3, 0.4) is 0 Å². The van der Waals surface area contributed by atoms with Gasteiger partial charge in [-0.05, 0) is 65.3 Å². The number of hydrogen-bond donors (Lipinski definition) is 0. The Bertz CT molecular complexity index is 912. The molecule has 24 heavy (non-hydrogen) atoms. The number of aryl methyl sites for hydroxylation is 1. The number of rotatable bonds is 3. The van der Waals surface area contributed by atoms with E-state index in [1.165, 1.54) is 16.8 Å². The molecule has 122 valence electrons. The molecule has 8 heteroatoms. The van der Waals surface area contributed by atoms with Crippen LogP contribution in [0.2, 0.25) is 5.02 Å². The molecule has 0 aliphatic heterocycles. The Hall–Kier alpha value is -2.25. The van der Waals surface area contributed by atoms with E-state index in [4.69, 9.17) is 16.3 Å². The molecule has 0 atom stereocenters. The second-order valence-electron chi connectivity index (χ2n) is 4.84. The highest BCUT2D eigenvalue weighted by molar-refractivity contribution is 9.10. The van der Waals surface area contributed by atoms with Crippen LogP contribution in [0, 0.1) is 12.7 Å². The Morgan fingerprint density at radius 2 is 1.96 bits per heavy atom. The van der Waals surface area contributed by atoms with Gasteiger partial charge in [-0.3, -0.25) is 0 Å². The first-order chi connectivity index (χ1) is 11.4. The summed E-state index contributed by atoms with van der Waals surface area (Å²) in [6.45, 7) is 1.69. The summed E-state index contributed by atoms with van der Waals surface area (Å²) in [7, 11) is 0. The van der Waals surface area contributed by atoms with Crippen molar-refractivity contribution in [2.45, 2.75) is 6.92 Å². The van der Waals surface area contributed by atoms with Gasteiger partial charge in [-0.2, -0.15) is 0 Å². The molecule has 0 spiro atoms. The zero-order valence-corrected chi connectivity index (χ0v) is 14.7. The second kappa shape index (κ2) is 6.70. The molecule has 0 bridgehead atoms. The van der Waals surface area contributed by atoms with E-state index < -0.39 is 5.97 Å². The van der Waals surface area contributed by atoms with E-state index in [1.807, 2.05) is 0 Å². The van der Waals surface area contributed by atoms with Crippen molar-refractivity contribution in [2.75, 3.05) is 0 Å². The standard InChI is InChI=1S/C16H10BrClFN3O2/c1-9-20-15(21-22(9)12-5-3-11(19)4-6-12)16(23)24-14-7-2-10(18)8-13(14)17/h2-8H,1H3. The molecule has 0 radical (unpaired) electrons. The smallest absolute Gasteiger partial charge is 0.383 e. The van der Waals surface area contributed by atoms with Crippen molar-refractivity contribution in [3.8, 4) is 11.4 Å². The van der Waals surface area contributed by atoms with Crippen molar-refractivity contribution in [3.63, 3.8) is 0 Å². The maximum absolute atomic E-state index is 13.0. The van der Waals surface area contributed by atoms with Crippen LogP contribution in [0.5, 0.6) is 5.75 Å². The summed E-state index contributed by atoms with van der Waals surface area (Å²) < 4.78 is 20.3. The Morgan fingerprint density at radius 3 is 2.62 bits per heavy atom. The summed E-state index contributed by atoms with van der Waals surface area (Å²) in [4.78, 5) is 16.3. The first-order valence-electron chi connectivity index (χ1n) is 6.81. The van der Waals surface area contributed by atoms with Crippen LogP contribution in [0.1, 0.15) is 16.4 Å². The molecule has 0 saturated carbocycles. The van der Waals surface area contributed by atoms with E-state index >= 15 is 0 Å². The molecule has 2 aromatic carbocycles. The van der Waals surface area contributed by atoms with Gasteiger partial charge in [-0.1, -0.05) is 11.6 Å². The van der Waals surface area contributed by atoms with Crippen molar-refractivity contribution in [2.24, 2.45) is 0 Å². The van der Waals surface area contributed by atoms with Crippen LogP contribution in [-0.4, -0.2) is 20.7 Å². The zero-order chi connectivity index (χ0) is 17.3. The Morgan fingerprint density at radius 1 is 1.25 bits per heavy atom. The van der Waals surface area contributed by atoms with Gasteiger partial charge in [0.2, 0.25) is 0 Å². The minimum absolute atomic E-state index is 0.0984. The quantitative estimate of drug-likeness (QED) is 0.476. The maximum Gasteiger partial charge on any atom is 0.383 e. The van der Waals surface area contributed by atoms with E-state index in [1.54, 1.807) is 37.3 Å². The molecule has 0 unspecified atom stereocenters. The summed E-state index contributed by atoms with van der Waals surface area (Å²) in [5.74, 6) is -0.381. The van der Waals surface area contributed by atoms with Gasteiger partial charge in [0.05, 0.1) is 10.2 Å². The maximum atomic E-state index is 13.0. The lowest BCUT2D eigenvalue weighted by atomic mass is 10.3. The fraction of sp³-hybridized carbons (Fsp3) is 0.0625. The van der Waals surface area contributed by atoms with Gasteiger partial charge in [0.1, 0.15) is 17.4 Å². The Balaban J connectivity index is 1.86. The van der Waals surface area contributed by atoms with Crippen molar-refractivity contribution in [1.29, 1.82) is 0 Å². The molecule has 3 rings (SSSR count). The monoisotopic (exact) mass is 409 g/mol. The third kappa shape index (κ3) is 3.47. The van der Waals surface area contributed by atoms with E-state index in [2.05, 4.69) is 26.0 Å². The number of ether oxygens (including phenoxy) is 1. The average Bonchev–Trinajstić information content (AvgIpc) is 2.93. The molecule has 5 nitrogen and oxygen atoms in total. The van der Waals surface area contributed by atoms with Gasteiger partial charge in [-0.25, -0.2) is 18.9 Å². The van der Waals surface area contributed by atoms with E-state index in [-0.39, 0.29) is 11.6 Å². The van der Waals surface area contributed by atoms with E-state index in [0.29, 0.717) is 26.8 Å². The van der Waals surface area contributed by atoms with Crippen LogP contribution in [0.25, 0.3) is 5.69 Å². The zero-order valence-electron chi connectivity index (χ0n) is 12.3. The molecule has 0 amide bonds. The van der Waals surface area contributed by atoms with Crippen molar-refractivity contribution < 1.29 is 13.9 Å². The molecular weight excluding hydrogens is 401 g/mol. The lowest BCUT2D eigenvalue weighted by Gasteiger charge is -2.04. The molecule has 0 aliphatic rings. The largest absolute Gasteiger partial charge is 0.419 e. The lowest BCUT2D eigenvalue weighted by molar-refractivity contribution is 0.0720. The lowest BCUT2D eigenvalue weighted by Crippen LogP contribution is -2.11. The predicted molar refractivity (Wildman–Crippen MR) is 90.2 cm³/mol. The van der Waals surface area contributed by atoms with Gasteiger partial charge in [-0.15, -0.1) is 5.10 Å². The van der Waals surface area contributed by atoms with Crippen molar-refractivity contribution >= 4 is 33.5 Å². The fourth-order valence-corrected chi connectivity index (χ4v) is 2.77. The number of carbonyl (C=O) groups is 1. The van der Waals surface area contributed by atoms with Crippen LogP contribution >= 0.6 is 27.5 Å². The first-order valence-corrected chi connectivity index (χ1v) is 7.98. The van der Waals surface area contributed by atoms with Gasteiger partial charge >= 0.3 is 5.97 Å². The molecule has 0 saturated heterocycles. The molecular formula is C16H10BrClFN3O2. The number of benzene rings is 2. The van der Waals surface area contributed by atoms with Gasteiger partial charge in [0, 0.05) is 5.02 Å². The molecule has 1 aromatic heterocycles. The number of nitrogens with zero attached hydrogens (tertiary/aromatic N) is 3. The highest BCUT2D eigenvalue weighted by Gasteiger charge is 2.18. The average molecular weight is 411 g/mol. The minimum Gasteiger partial charge on any atom is -0.419 e. The van der Waals surface area contributed by atoms with Crippen LogP contribution in [-0.2, 0) is 0 Å². The Kier molecular flexibility index (Phi) is 4.64. The number of halogens is 3. The third-order valence-corrected chi connectivity index (χ3v) is 3.97. The summed E-state index contributed by atoms with van der Waals surface area (Å²) >= 11 is 9.12. The topological polar surface area (TPSA) is 57.0 Å². The second-order valence-corrected chi connectivity index (χ2v) is 6.13. The minimum atomic E-state index is -0.706. The molecule has 0 N–H and O–H groups in total. The summed E-state index contributed by atoms with van der Waals surface area (Å²) in [6, 6.07) is 10.5. The van der Waals surface area contributed by atoms with Gasteiger partial charge in [0.25, 0.3) is 5.82 Å². The summed E-state index contributed by atoms with van der Waals surface area (Å²) in [5, 5.41) is 4.63. The first kappa shape index (κ1) is 16.6. The number of esters is 1. The summed E-state index contributed by atoms with van der Waals surface area (Å²) in [6.07, 6.45) is 0. The van der Waals surface area contributed by atoms with Crippen LogP contribution in [0.4, 0.5) is 4.39 Å². The van der Waals surface area contributed by atoms with E-state index in [9.17, 15) is 9.18 Å². The van der Waals surface area contributed by atoms with Crippen molar-refractivity contribution in [3.05, 3.63) is 69.4 Å². The Labute approximate surface area is 150 Å². The fourth-order valence-electron chi connectivity index (χ4n) is 2.01. The molecule has 0 aliphatic carbocycles. The number of aromatic nitrogens is 3. The van der Waals surface area contributed by atoms with Crippen LogP contribution < -0.4 is 4.74 Å². The third-order valence-electron chi connectivity index (χ3n) is 3.12. The van der Waals surface area contributed by atoms with Gasteiger partial charge < -0.3 is 4.74 Å². The predicted octanol–water partition coefficient (Wildman–Crippen LogP) is 4.35. The number of carbonyl (C=O) groups excluding carboxylic acids is 1. The normalized spacial score (nSPS) is 10.7. The molecule has 1 heterocycles. The SMILES string of the molecule is Cc1nc(C(=O)Oc2ccc(Cl)cc2Br)nn1-c1ccc(F)cc1. The number of hydrogen-bond acceptors (Lipinski definition) is 4.